The Morgan fingerprint density at radius 2 is 1.81 bits per heavy atom. The van der Waals surface area contributed by atoms with E-state index in [4.69, 9.17) is 16.3 Å². The molecule has 0 atom stereocenters. The van der Waals surface area contributed by atoms with Crippen LogP contribution in [0.5, 0.6) is 5.75 Å². The summed E-state index contributed by atoms with van der Waals surface area (Å²) >= 11 is 7.07. The number of anilines is 1. The highest BCUT2D eigenvalue weighted by atomic mass is 35.5. The van der Waals surface area contributed by atoms with Gasteiger partial charge in [-0.05, 0) is 42.5 Å². The second-order valence-electron chi connectivity index (χ2n) is 6.87. The zero-order valence-corrected chi connectivity index (χ0v) is 19.2. The molecular formula is C19H18ClN3O5S3. The Hall–Kier alpha value is -2.18. The zero-order chi connectivity index (χ0) is 22.1. The molecule has 0 saturated carbocycles. The minimum Gasteiger partial charge on any atom is -0.493 e. The van der Waals surface area contributed by atoms with Crippen molar-refractivity contribution in [3.63, 3.8) is 0 Å². The Balaban J connectivity index is 1.36. The molecular weight excluding hydrogens is 482 g/mol. The standard InChI is InChI=1S/C19H18ClN3O5S3/c20-15-2-1-3-16(10-15)28-13-14-11-23(12-14)31(26,27)18-6-4-17(5-7-18)30(24,25)22-19-21-8-9-29-19/h1-10,14H,11-13H2,(H,21,22). The number of nitrogens with one attached hydrogen (secondary N) is 1. The monoisotopic (exact) mass is 499 g/mol. The van der Waals surface area contributed by atoms with Crippen molar-refractivity contribution < 1.29 is 21.6 Å². The Morgan fingerprint density at radius 3 is 2.45 bits per heavy atom. The van der Waals surface area contributed by atoms with Crippen LogP contribution < -0.4 is 9.46 Å². The molecule has 31 heavy (non-hydrogen) atoms. The van der Waals surface area contributed by atoms with Crippen molar-refractivity contribution in [3.8, 4) is 5.75 Å². The number of hydrogen-bond donors (Lipinski definition) is 1. The zero-order valence-electron chi connectivity index (χ0n) is 16.0. The van der Waals surface area contributed by atoms with Crippen molar-refractivity contribution in [3.05, 3.63) is 65.1 Å². The highest BCUT2D eigenvalue weighted by Gasteiger charge is 2.37. The number of aromatic nitrogens is 1. The van der Waals surface area contributed by atoms with E-state index in [1.165, 1.54) is 34.8 Å². The number of thiazole rings is 1. The van der Waals surface area contributed by atoms with E-state index in [0.29, 0.717) is 30.5 Å². The Labute approximate surface area is 189 Å². The van der Waals surface area contributed by atoms with Crippen LogP contribution >= 0.6 is 22.9 Å². The summed E-state index contributed by atoms with van der Waals surface area (Å²) in [5.41, 5.74) is 0. The van der Waals surface area contributed by atoms with Crippen LogP contribution in [0.2, 0.25) is 5.02 Å². The molecule has 0 spiro atoms. The molecule has 1 N–H and O–H groups in total. The lowest BCUT2D eigenvalue weighted by molar-refractivity contribution is 0.130. The first-order valence-electron chi connectivity index (χ1n) is 9.15. The van der Waals surface area contributed by atoms with Gasteiger partial charge in [0.2, 0.25) is 10.0 Å². The molecule has 2 heterocycles. The molecule has 0 amide bonds. The molecule has 0 radical (unpaired) electrons. The lowest BCUT2D eigenvalue weighted by atomic mass is 10.1. The first-order chi connectivity index (χ1) is 14.7. The fourth-order valence-electron chi connectivity index (χ4n) is 2.98. The lowest BCUT2D eigenvalue weighted by Crippen LogP contribution is -2.51. The van der Waals surface area contributed by atoms with Crippen LogP contribution in [0.3, 0.4) is 0 Å². The molecule has 2 aromatic carbocycles. The summed E-state index contributed by atoms with van der Waals surface area (Å²) in [4.78, 5) is 3.87. The maximum absolute atomic E-state index is 12.8. The van der Waals surface area contributed by atoms with Gasteiger partial charge in [0, 0.05) is 35.6 Å². The first-order valence-corrected chi connectivity index (χ1v) is 13.3. The summed E-state index contributed by atoms with van der Waals surface area (Å²) in [5.74, 6) is 0.702. The smallest absolute Gasteiger partial charge is 0.263 e. The molecule has 0 unspecified atom stereocenters. The third-order valence-electron chi connectivity index (χ3n) is 4.63. The van der Waals surface area contributed by atoms with Crippen LogP contribution in [0.1, 0.15) is 0 Å². The van der Waals surface area contributed by atoms with E-state index in [2.05, 4.69) is 9.71 Å². The molecule has 3 aromatic rings. The van der Waals surface area contributed by atoms with Crippen LogP contribution in [0.25, 0.3) is 0 Å². The third kappa shape index (κ3) is 5.01. The molecule has 1 aromatic heterocycles. The summed E-state index contributed by atoms with van der Waals surface area (Å²) in [6, 6.07) is 12.1. The van der Waals surface area contributed by atoms with Gasteiger partial charge in [-0.2, -0.15) is 4.31 Å². The van der Waals surface area contributed by atoms with E-state index in [1.54, 1.807) is 29.6 Å². The molecule has 1 aliphatic heterocycles. The van der Waals surface area contributed by atoms with Gasteiger partial charge in [-0.25, -0.2) is 21.8 Å². The van der Waals surface area contributed by atoms with Gasteiger partial charge < -0.3 is 4.74 Å². The van der Waals surface area contributed by atoms with Crippen LogP contribution in [0, 0.1) is 5.92 Å². The number of rotatable bonds is 8. The lowest BCUT2D eigenvalue weighted by Gasteiger charge is -2.37. The Kier molecular flexibility index (Phi) is 6.22. The van der Waals surface area contributed by atoms with Crippen molar-refractivity contribution >= 4 is 48.1 Å². The molecule has 4 rings (SSSR count). The molecule has 1 fully saturated rings. The van der Waals surface area contributed by atoms with E-state index in [0.717, 1.165) is 11.3 Å². The van der Waals surface area contributed by atoms with E-state index >= 15 is 0 Å². The van der Waals surface area contributed by atoms with Crippen LogP contribution in [-0.4, -0.2) is 45.8 Å². The Bertz CT molecular complexity index is 1260. The molecule has 12 heteroatoms. The van der Waals surface area contributed by atoms with Gasteiger partial charge in [0.05, 0.1) is 16.4 Å². The summed E-state index contributed by atoms with van der Waals surface area (Å²) in [7, 11) is -7.55. The first kappa shape index (κ1) is 22.0. The number of halogens is 1. The molecule has 1 aliphatic rings. The second-order valence-corrected chi connectivity index (χ2v) is 11.8. The molecule has 164 valence electrons. The second kappa shape index (κ2) is 8.75. The number of sulfonamides is 2. The van der Waals surface area contributed by atoms with Crippen molar-refractivity contribution in [1.29, 1.82) is 0 Å². The summed E-state index contributed by atoms with van der Waals surface area (Å²) in [5, 5.41) is 2.46. The maximum atomic E-state index is 12.8. The maximum Gasteiger partial charge on any atom is 0.263 e. The van der Waals surface area contributed by atoms with E-state index in [1.807, 2.05) is 0 Å². The van der Waals surface area contributed by atoms with E-state index in [-0.39, 0.29) is 20.8 Å². The minimum atomic E-state index is -3.84. The van der Waals surface area contributed by atoms with E-state index < -0.39 is 20.0 Å². The molecule has 8 nitrogen and oxygen atoms in total. The highest BCUT2D eigenvalue weighted by Crippen LogP contribution is 2.27. The average molecular weight is 500 g/mol. The van der Waals surface area contributed by atoms with Gasteiger partial charge in [0.25, 0.3) is 10.0 Å². The normalized spacial score (nSPS) is 15.4. The van der Waals surface area contributed by atoms with Crippen LogP contribution in [-0.2, 0) is 20.0 Å². The van der Waals surface area contributed by atoms with Crippen LogP contribution in [0.15, 0.2) is 69.9 Å². The third-order valence-corrected chi connectivity index (χ3v) is 8.88. The van der Waals surface area contributed by atoms with E-state index in [9.17, 15) is 16.8 Å². The topological polar surface area (TPSA) is 106 Å². The summed E-state index contributed by atoms with van der Waals surface area (Å²) in [6.45, 7) is 1.04. The molecule has 0 aliphatic carbocycles. The quantitative estimate of drug-likeness (QED) is 0.509. The Morgan fingerprint density at radius 1 is 1.10 bits per heavy atom. The largest absolute Gasteiger partial charge is 0.493 e. The molecule has 0 bridgehead atoms. The molecule has 1 saturated heterocycles. The highest BCUT2D eigenvalue weighted by molar-refractivity contribution is 7.93. The fourth-order valence-corrected chi connectivity index (χ4v) is 6.54. The number of hydrogen-bond acceptors (Lipinski definition) is 7. The van der Waals surface area contributed by atoms with Gasteiger partial charge in [0.1, 0.15) is 5.75 Å². The van der Waals surface area contributed by atoms with Crippen molar-refractivity contribution in [2.75, 3.05) is 24.4 Å². The van der Waals surface area contributed by atoms with Gasteiger partial charge >= 0.3 is 0 Å². The van der Waals surface area contributed by atoms with Crippen molar-refractivity contribution in [2.24, 2.45) is 5.92 Å². The fraction of sp³-hybridized carbons (Fsp3) is 0.211. The van der Waals surface area contributed by atoms with Gasteiger partial charge in [-0.3, -0.25) is 4.72 Å². The van der Waals surface area contributed by atoms with Gasteiger partial charge in [-0.15, -0.1) is 11.3 Å². The number of nitrogens with zero attached hydrogens (tertiary/aromatic N) is 2. The van der Waals surface area contributed by atoms with Gasteiger partial charge in [-0.1, -0.05) is 17.7 Å². The minimum absolute atomic E-state index is 0.0370. The average Bonchev–Trinajstić information content (AvgIpc) is 3.19. The summed E-state index contributed by atoms with van der Waals surface area (Å²) < 4.78 is 59.7. The predicted molar refractivity (Wildman–Crippen MR) is 119 cm³/mol. The van der Waals surface area contributed by atoms with Crippen molar-refractivity contribution in [1.82, 2.24) is 9.29 Å². The van der Waals surface area contributed by atoms with Gasteiger partial charge in [0.15, 0.2) is 5.13 Å². The van der Waals surface area contributed by atoms with Crippen LogP contribution in [0.4, 0.5) is 5.13 Å². The predicted octanol–water partition coefficient (Wildman–Crippen LogP) is 3.30. The van der Waals surface area contributed by atoms with Crippen molar-refractivity contribution in [2.45, 2.75) is 9.79 Å². The summed E-state index contributed by atoms with van der Waals surface area (Å²) in [6.07, 6.45) is 1.48. The SMILES string of the molecule is O=S(=O)(Nc1nccs1)c1ccc(S(=O)(=O)N2CC(COc3cccc(Cl)c3)C2)cc1. The number of benzene rings is 2. The number of ether oxygens (including phenoxy) is 1.